The molecule has 20 heavy (non-hydrogen) atoms. The molecule has 1 aromatic rings. The summed E-state index contributed by atoms with van der Waals surface area (Å²) in [6, 6.07) is 0. The molecule has 112 valence electrons. The molecular formula is C14H23N3O3. The van der Waals surface area contributed by atoms with Crippen LogP contribution in [-0.4, -0.2) is 33.9 Å². The largest absolute Gasteiger partial charge is 0.391 e. The van der Waals surface area contributed by atoms with Gasteiger partial charge in [-0.25, -0.2) is 5.10 Å². The number of nitrogens with zero attached hydrogens (tertiary/aromatic N) is 1. The van der Waals surface area contributed by atoms with Crippen molar-refractivity contribution in [1.82, 2.24) is 15.5 Å². The van der Waals surface area contributed by atoms with Gasteiger partial charge < -0.3 is 10.4 Å². The van der Waals surface area contributed by atoms with E-state index in [0.29, 0.717) is 24.8 Å². The van der Waals surface area contributed by atoms with Crippen LogP contribution in [0.25, 0.3) is 0 Å². The van der Waals surface area contributed by atoms with E-state index in [1.165, 1.54) is 0 Å². The Morgan fingerprint density at radius 2 is 2.05 bits per heavy atom. The average Bonchev–Trinajstić information content (AvgIpc) is 2.44. The number of carbonyl (C=O) groups is 1. The number of hydrogen-bond acceptors (Lipinski definition) is 4. The van der Waals surface area contributed by atoms with Crippen molar-refractivity contribution >= 4 is 5.91 Å². The normalized spacial score (nSPS) is 12.2. The second kappa shape index (κ2) is 7.79. The Labute approximate surface area is 118 Å². The maximum atomic E-state index is 12.2. The zero-order valence-corrected chi connectivity index (χ0v) is 12.3. The van der Waals surface area contributed by atoms with E-state index in [1.54, 1.807) is 0 Å². The van der Waals surface area contributed by atoms with Crippen LogP contribution in [0.2, 0.25) is 0 Å². The number of H-pyrrole nitrogens is 1. The Morgan fingerprint density at radius 3 is 2.60 bits per heavy atom. The first-order valence-corrected chi connectivity index (χ1v) is 7.11. The highest BCUT2D eigenvalue weighted by atomic mass is 16.3. The molecule has 0 saturated heterocycles. The van der Waals surface area contributed by atoms with Crippen molar-refractivity contribution in [1.29, 1.82) is 0 Å². The van der Waals surface area contributed by atoms with Gasteiger partial charge in [0.1, 0.15) is 5.56 Å². The molecule has 0 radical (unpaired) electrons. The zero-order valence-electron chi connectivity index (χ0n) is 12.3. The summed E-state index contributed by atoms with van der Waals surface area (Å²) in [6.45, 7) is 5.92. The molecule has 1 unspecified atom stereocenters. The molecule has 1 aromatic heterocycles. The Bertz CT molecular complexity index is 511. The van der Waals surface area contributed by atoms with Crippen LogP contribution < -0.4 is 10.9 Å². The van der Waals surface area contributed by atoms with E-state index in [4.69, 9.17) is 0 Å². The van der Waals surface area contributed by atoms with Crippen molar-refractivity contribution in [2.45, 2.75) is 52.6 Å². The van der Waals surface area contributed by atoms with Crippen LogP contribution in [0.1, 0.15) is 55.2 Å². The molecular weight excluding hydrogens is 258 g/mol. The van der Waals surface area contributed by atoms with Crippen LogP contribution in [0.4, 0.5) is 0 Å². The lowest BCUT2D eigenvalue weighted by Gasteiger charge is -2.13. The van der Waals surface area contributed by atoms with Crippen molar-refractivity contribution < 1.29 is 9.90 Å². The zero-order chi connectivity index (χ0) is 15.1. The first kappa shape index (κ1) is 16.4. The number of carbonyl (C=O) groups excluding carboxylic acids is 1. The topological polar surface area (TPSA) is 95.1 Å². The Kier molecular flexibility index (Phi) is 6.38. The summed E-state index contributed by atoms with van der Waals surface area (Å²) in [6.07, 6.45) is 2.10. The Hall–Kier alpha value is -1.69. The third-order valence-electron chi connectivity index (χ3n) is 3.21. The van der Waals surface area contributed by atoms with Gasteiger partial charge in [-0.05, 0) is 24.8 Å². The summed E-state index contributed by atoms with van der Waals surface area (Å²) in [4.78, 5) is 24.0. The van der Waals surface area contributed by atoms with E-state index in [1.807, 2.05) is 20.8 Å². The summed E-state index contributed by atoms with van der Waals surface area (Å²) >= 11 is 0. The van der Waals surface area contributed by atoms with Gasteiger partial charge in [0.05, 0.1) is 11.8 Å². The average molecular weight is 281 g/mol. The van der Waals surface area contributed by atoms with E-state index in [0.717, 1.165) is 12.1 Å². The molecule has 1 amide bonds. The molecule has 6 heteroatoms. The molecule has 6 nitrogen and oxygen atoms in total. The van der Waals surface area contributed by atoms with Gasteiger partial charge in [0.2, 0.25) is 0 Å². The Morgan fingerprint density at radius 1 is 1.35 bits per heavy atom. The number of nitrogens with one attached hydrogen (secondary N) is 2. The molecule has 0 spiro atoms. The van der Waals surface area contributed by atoms with Crippen LogP contribution in [0, 0.1) is 0 Å². The summed E-state index contributed by atoms with van der Waals surface area (Å²) in [5.74, 6) is -0.449. The molecule has 1 atom stereocenters. The standard InChI is InChI=1S/C14H23N3O3/c1-4-7-9(18)8-15-13(19)12-10(5-2)11(6-3)16-17-14(12)20/h9,18H,4-8H2,1-3H3,(H,15,19)(H,17,20). The first-order valence-electron chi connectivity index (χ1n) is 7.11. The number of rotatable bonds is 7. The SMILES string of the molecule is CCCC(O)CNC(=O)c1c(CC)c(CC)n[nH]c1=O. The fourth-order valence-electron chi connectivity index (χ4n) is 2.17. The number of aryl methyl sites for hydroxylation is 1. The maximum absolute atomic E-state index is 12.2. The van der Waals surface area contributed by atoms with Crippen molar-refractivity contribution in [3.63, 3.8) is 0 Å². The quantitative estimate of drug-likeness (QED) is 0.688. The van der Waals surface area contributed by atoms with Gasteiger partial charge in [0.15, 0.2) is 0 Å². The predicted octanol–water partition coefficient (Wildman–Crippen LogP) is 0.785. The molecule has 3 N–H and O–H groups in total. The molecule has 0 aliphatic rings. The minimum absolute atomic E-state index is 0.114. The van der Waals surface area contributed by atoms with Crippen molar-refractivity contribution in [3.05, 3.63) is 27.2 Å². The van der Waals surface area contributed by atoms with E-state index in [9.17, 15) is 14.7 Å². The third kappa shape index (κ3) is 3.90. The molecule has 0 bridgehead atoms. The van der Waals surface area contributed by atoms with E-state index in [-0.39, 0.29) is 12.1 Å². The highest BCUT2D eigenvalue weighted by Gasteiger charge is 2.19. The lowest BCUT2D eigenvalue weighted by molar-refractivity contribution is 0.0907. The molecule has 1 rings (SSSR count). The van der Waals surface area contributed by atoms with Crippen molar-refractivity contribution in [2.75, 3.05) is 6.54 Å². The van der Waals surface area contributed by atoms with Crippen LogP contribution in [0.5, 0.6) is 0 Å². The molecule has 0 fully saturated rings. The van der Waals surface area contributed by atoms with Gasteiger partial charge in [-0.1, -0.05) is 27.2 Å². The molecule has 0 aliphatic heterocycles. The van der Waals surface area contributed by atoms with Crippen LogP contribution in [0.3, 0.4) is 0 Å². The summed E-state index contributed by atoms with van der Waals surface area (Å²) in [7, 11) is 0. The number of aromatic nitrogens is 2. The monoisotopic (exact) mass is 281 g/mol. The number of aliphatic hydroxyl groups excluding tert-OH is 1. The van der Waals surface area contributed by atoms with Gasteiger partial charge in [-0.15, -0.1) is 0 Å². The highest BCUT2D eigenvalue weighted by Crippen LogP contribution is 2.10. The van der Waals surface area contributed by atoms with Crippen LogP contribution in [0.15, 0.2) is 4.79 Å². The fourth-order valence-corrected chi connectivity index (χ4v) is 2.17. The number of aliphatic hydroxyl groups is 1. The van der Waals surface area contributed by atoms with Gasteiger partial charge >= 0.3 is 0 Å². The van der Waals surface area contributed by atoms with Crippen LogP contribution >= 0.6 is 0 Å². The summed E-state index contributed by atoms with van der Waals surface area (Å²) in [5, 5.41) is 18.6. The van der Waals surface area contributed by atoms with Crippen molar-refractivity contribution in [2.24, 2.45) is 0 Å². The van der Waals surface area contributed by atoms with Gasteiger partial charge in [0.25, 0.3) is 11.5 Å². The number of amides is 1. The molecule has 1 heterocycles. The Balaban J connectivity index is 2.95. The second-order valence-electron chi connectivity index (χ2n) is 4.71. The summed E-state index contributed by atoms with van der Waals surface area (Å²) in [5.41, 5.74) is 1.04. The lowest BCUT2D eigenvalue weighted by atomic mass is 10.0. The first-order chi connectivity index (χ1) is 9.54. The van der Waals surface area contributed by atoms with Gasteiger partial charge in [-0.3, -0.25) is 9.59 Å². The van der Waals surface area contributed by atoms with Crippen LogP contribution in [-0.2, 0) is 12.8 Å². The van der Waals surface area contributed by atoms with Crippen molar-refractivity contribution in [3.8, 4) is 0 Å². The second-order valence-corrected chi connectivity index (χ2v) is 4.71. The number of aromatic amines is 1. The lowest BCUT2D eigenvalue weighted by Crippen LogP contribution is -2.36. The predicted molar refractivity (Wildman–Crippen MR) is 76.9 cm³/mol. The van der Waals surface area contributed by atoms with E-state index >= 15 is 0 Å². The molecule has 0 aromatic carbocycles. The van der Waals surface area contributed by atoms with E-state index in [2.05, 4.69) is 15.5 Å². The number of hydrogen-bond donors (Lipinski definition) is 3. The highest BCUT2D eigenvalue weighted by molar-refractivity contribution is 5.95. The van der Waals surface area contributed by atoms with Gasteiger partial charge in [0, 0.05) is 6.54 Å². The van der Waals surface area contributed by atoms with E-state index < -0.39 is 17.6 Å². The summed E-state index contributed by atoms with van der Waals surface area (Å²) < 4.78 is 0. The smallest absolute Gasteiger partial charge is 0.277 e. The molecule has 0 saturated carbocycles. The minimum atomic E-state index is -0.583. The van der Waals surface area contributed by atoms with Gasteiger partial charge in [-0.2, -0.15) is 5.10 Å². The minimum Gasteiger partial charge on any atom is -0.391 e. The maximum Gasteiger partial charge on any atom is 0.277 e. The fraction of sp³-hybridized carbons (Fsp3) is 0.643. The molecule has 0 aliphatic carbocycles. The third-order valence-corrected chi connectivity index (χ3v) is 3.21.